The topological polar surface area (TPSA) is 109 Å². The highest BCUT2D eigenvalue weighted by molar-refractivity contribution is 7.99. The van der Waals surface area contributed by atoms with E-state index in [1.54, 1.807) is 23.9 Å². The van der Waals surface area contributed by atoms with E-state index in [4.69, 9.17) is 9.47 Å². The summed E-state index contributed by atoms with van der Waals surface area (Å²) in [6.07, 6.45) is 1.43. The Labute approximate surface area is 254 Å². The SMILES string of the molecule is O=C(NCc1cccc(-c2ccc([C@@H]3O[C@H](CSc4ncn[nH]4)C[C@H](c4ccc(CO)cc4)O3)cc2)c1)c1ccccc1. The van der Waals surface area contributed by atoms with E-state index in [2.05, 4.69) is 44.8 Å². The lowest BCUT2D eigenvalue weighted by atomic mass is 9.99. The molecule has 6 rings (SSSR count). The molecule has 1 amide bonds. The van der Waals surface area contributed by atoms with Crippen LogP contribution in [0.5, 0.6) is 0 Å². The average molecular weight is 593 g/mol. The third kappa shape index (κ3) is 7.39. The number of thioether (sulfide) groups is 1. The number of rotatable bonds is 10. The van der Waals surface area contributed by atoms with Crippen molar-refractivity contribution < 1.29 is 19.4 Å². The molecule has 0 bridgehead atoms. The quantitative estimate of drug-likeness (QED) is 0.165. The number of nitrogens with zero attached hydrogens (tertiary/aromatic N) is 2. The molecule has 0 saturated carbocycles. The van der Waals surface area contributed by atoms with Crippen LogP contribution in [-0.4, -0.2) is 38.1 Å². The molecule has 3 N–H and O–H groups in total. The van der Waals surface area contributed by atoms with Gasteiger partial charge < -0.3 is 19.9 Å². The maximum absolute atomic E-state index is 12.5. The summed E-state index contributed by atoms with van der Waals surface area (Å²) in [5.41, 5.74) is 6.63. The summed E-state index contributed by atoms with van der Waals surface area (Å²) < 4.78 is 12.9. The van der Waals surface area contributed by atoms with Crippen molar-refractivity contribution in [1.82, 2.24) is 20.5 Å². The van der Waals surface area contributed by atoms with Crippen LogP contribution in [0.4, 0.5) is 0 Å². The predicted octanol–water partition coefficient (Wildman–Crippen LogP) is 6.23. The van der Waals surface area contributed by atoms with Crippen LogP contribution in [0.3, 0.4) is 0 Å². The molecule has 8 nitrogen and oxygen atoms in total. The van der Waals surface area contributed by atoms with Crippen molar-refractivity contribution in [2.45, 2.75) is 43.2 Å². The molecule has 1 aliphatic heterocycles. The lowest BCUT2D eigenvalue weighted by Crippen LogP contribution is -2.31. The fraction of sp³-hybridized carbons (Fsp3) is 0.206. The highest BCUT2D eigenvalue weighted by Crippen LogP contribution is 2.39. The Kier molecular flexibility index (Phi) is 9.25. The normalized spacial score (nSPS) is 18.3. The second-order valence-corrected chi connectivity index (χ2v) is 11.3. The predicted molar refractivity (Wildman–Crippen MR) is 165 cm³/mol. The van der Waals surface area contributed by atoms with Gasteiger partial charge in [0.15, 0.2) is 11.4 Å². The van der Waals surface area contributed by atoms with Crippen LogP contribution in [0.15, 0.2) is 115 Å². The second kappa shape index (κ2) is 13.8. The Morgan fingerprint density at radius 1 is 0.884 bits per heavy atom. The van der Waals surface area contributed by atoms with E-state index < -0.39 is 6.29 Å². The highest BCUT2D eigenvalue weighted by Gasteiger charge is 2.32. The summed E-state index contributed by atoms with van der Waals surface area (Å²) in [5, 5.41) is 20.0. The van der Waals surface area contributed by atoms with E-state index in [-0.39, 0.29) is 24.7 Å². The lowest BCUT2D eigenvalue weighted by Gasteiger charge is -2.36. The number of aliphatic hydroxyl groups is 1. The minimum atomic E-state index is -0.537. The summed E-state index contributed by atoms with van der Waals surface area (Å²) in [4.78, 5) is 16.7. The second-order valence-electron chi connectivity index (χ2n) is 10.3. The molecule has 0 unspecified atom stereocenters. The third-order valence-corrected chi connectivity index (χ3v) is 8.35. The summed E-state index contributed by atoms with van der Waals surface area (Å²) in [6, 6.07) is 33.5. The van der Waals surface area contributed by atoms with E-state index in [9.17, 15) is 9.90 Å². The third-order valence-electron chi connectivity index (χ3n) is 7.35. The van der Waals surface area contributed by atoms with Gasteiger partial charge in [-0.1, -0.05) is 96.7 Å². The smallest absolute Gasteiger partial charge is 0.251 e. The highest BCUT2D eigenvalue weighted by atomic mass is 32.2. The van der Waals surface area contributed by atoms with Gasteiger partial charge in [-0.2, -0.15) is 5.10 Å². The Morgan fingerprint density at radius 2 is 1.67 bits per heavy atom. The number of hydrogen-bond acceptors (Lipinski definition) is 7. The number of carbonyl (C=O) groups is 1. The molecule has 1 saturated heterocycles. The van der Waals surface area contributed by atoms with Crippen molar-refractivity contribution in [3.63, 3.8) is 0 Å². The molecule has 0 spiro atoms. The van der Waals surface area contributed by atoms with E-state index >= 15 is 0 Å². The first-order chi connectivity index (χ1) is 21.1. The van der Waals surface area contributed by atoms with Crippen LogP contribution < -0.4 is 5.32 Å². The molecule has 0 radical (unpaired) electrons. The Morgan fingerprint density at radius 3 is 2.42 bits per heavy atom. The molecule has 2 heterocycles. The van der Waals surface area contributed by atoms with Crippen molar-refractivity contribution in [1.29, 1.82) is 0 Å². The van der Waals surface area contributed by atoms with E-state index in [0.29, 0.717) is 24.3 Å². The lowest BCUT2D eigenvalue weighted by molar-refractivity contribution is -0.245. The monoisotopic (exact) mass is 592 g/mol. The number of benzene rings is 4. The number of H-pyrrole nitrogens is 1. The Hall–Kier alpha value is -4.28. The number of aliphatic hydroxyl groups excluding tert-OH is 1. The maximum Gasteiger partial charge on any atom is 0.251 e. The summed E-state index contributed by atoms with van der Waals surface area (Å²) in [6.45, 7) is 0.448. The van der Waals surface area contributed by atoms with Gasteiger partial charge in [-0.15, -0.1) is 0 Å². The molecule has 0 aliphatic carbocycles. The Balaban J connectivity index is 1.15. The zero-order valence-corrected chi connectivity index (χ0v) is 24.2. The molecule has 3 atom stereocenters. The first-order valence-corrected chi connectivity index (χ1v) is 15.1. The van der Waals surface area contributed by atoms with Gasteiger partial charge in [-0.05, 0) is 46.0 Å². The summed E-state index contributed by atoms with van der Waals surface area (Å²) in [7, 11) is 0. The van der Waals surface area contributed by atoms with Crippen LogP contribution in [0.1, 0.15) is 51.4 Å². The minimum Gasteiger partial charge on any atom is -0.392 e. The number of hydrogen-bond donors (Lipinski definition) is 3. The zero-order chi connectivity index (χ0) is 29.4. The van der Waals surface area contributed by atoms with Gasteiger partial charge in [0.2, 0.25) is 0 Å². The van der Waals surface area contributed by atoms with Crippen molar-refractivity contribution >= 4 is 17.7 Å². The fourth-order valence-electron chi connectivity index (χ4n) is 5.03. The van der Waals surface area contributed by atoms with Crippen LogP contribution in [-0.2, 0) is 22.6 Å². The Bertz CT molecular complexity index is 1610. The standard InChI is InChI=1S/C34H32N4O4S/c39-20-23-9-11-26(12-10-23)31-18-30(21-43-34-36-22-37-38-34)41-33(42-31)28-15-13-25(14-16-28)29-8-4-5-24(17-29)19-35-32(40)27-6-2-1-3-7-27/h1-17,22,30-31,33,39H,18-21H2,(H,35,40)(H,36,37,38)/t30-,31+,33+/m0/s1. The van der Waals surface area contributed by atoms with Gasteiger partial charge in [0, 0.05) is 29.8 Å². The first kappa shape index (κ1) is 28.8. The van der Waals surface area contributed by atoms with Crippen LogP contribution in [0.2, 0.25) is 0 Å². The first-order valence-electron chi connectivity index (χ1n) is 14.2. The molecule has 218 valence electrons. The molecule has 5 aromatic rings. The largest absolute Gasteiger partial charge is 0.392 e. The van der Waals surface area contributed by atoms with Crippen molar-refractivity contribution in [3.8, 4) is 11.1 Å². The van der Waals surface area contributed by atoms with Crippen LogP contribution >= 0.6 is 11.8 Å². The van der Waals surface area contributed by atoms with Crippen molar-refractivity contribution in [3.05, 3.63) is 137 Å². The van der Waals surface area contributed by atoms with Gasteiger partial charge in [-0.3, -0.25) is 9.89 Å². The molecular formula is C34H32N4O4S. The minimum absolute atomic E-state index is 0.00552. The average Bonchev–Trinajstić information content (AvgIpc) is 3.61. The van der Waals surface area contributed by atoms with Crippen LogP contribution in [0.25, 0.3) is 11.1 Å². The number of nitrogens with one attached hydrogen (secondary N) is 2. The number of ether oxygens (including phenoxy) is 2. The van der Waals surface area contributed by atoms with E-state index in [0.717, 1.165) is 38.5 Å². The van der Waals surface area contributed by atoms with Gasteiger partial charge in [0.1, 0.15) is 6.33 Å². The number of aromatic nitrogens is 3. The number of carbonyl (C=O) groups excluding carboxylic acids is 1. The molecular weight excluding hydrogens is 560 g/mol. The van der Waals surface area contributed by atoms with Gasteiger partial charge >= 0.3 is 0 Å². The molecule has 1 aromatic heterocycles. The van der Waals surface area contributed by atoms with Gasteiger partial charge in [0.25, 0.3) is 5.91 Å². The van der Waals surface area contributed by atoms with E-state index in [1.165, 1.54) is 6.33 Å². The summed E-state index contributed by atoms with van der Waals surface area (Å²) >= 11 is 1.57. The molecule has 1 fully saturated rings. The fourth-order valence-corrected chi connectivity index (χ4v) is 5.82. The number of amides is 1. The number of aromatic amines is 1. The van der Waals surface area contributed by atoms with Crippen molar-refractivity contribution in [2.24, 2.45) is 0 Å². The zero-order valence-electron chi connectivity index (χ0n) is 23.4. The van der Waals surface area contributed by atoms with E-state index in [1.807, 2.05) is 66.7 Å². The van der Waals surface area contributed by atoms with Crippen molar-refractivity contribution in [2.75, 3.05) is 5.75 Å². The maximum atomic E-state index is 12.5. The van der Waals surface area contributed by atoms with Crippen LogP contribution in [0, 0.1) is 0 Å². The van der Waals surface area contributed by atoms with Gasteiger partial charge in [0.05, 0.1) is 18.8 Å². The molecule has 1 aliphatic rings. The summed E-state index contributed by atoms with van der Waals surface area (Å²) in [5.74, 6) is 0.606. The molecule has 4 aromatic carbocycles. The molecule has 9 heteroatoms. The molecule has 43 heavy (non-hydrogen) atoms. The van der Waals surface area contributed by atoms with Gasteiger partial charge in [-0.25, -0.2) is 4.98 Å².